The van der Waals surface area contributed by atoms with Gasteiger partial charge in [-0.1, -0.05) is 6.07 Å². The highest BCUT2D eigenvalue weighted by molar-refractivity contribution is 7.09. The van der Waals surface area contributed by atoms with Gasteiger partial charge < -0.3 is 5.43 Å². The van der Waals surface area contributed by atoms with Gasteiger partial charge in [0.15, 0.2) is 0 Å². The van der Waals surface area contributed by atoms with Crippen LogP contribution in [0.25, 0.3) is 0 Å². The van der Waals surface area contributed by atoms with Crippen LogP contribution >= 0.6 is 11.3 Å². The maximum atomic E-state index is 5.45. The Morgan fingerprint density at radius 1 is 1.40 bits per heavy atom. The molecule has 0 spiro atoms. The van der Waals surface area contributed by atoms with Crippen molar-refractivity contribution in [2.24, 2.45) is 5.84 Å². The lowest BCUT2D eigenvalue weighted by molar-refractivity contribution is 0.241. The van der Waals surface area contributed by atoms with Crippen LogP contribution in [0.1, 0.15) is 29.2 Å². The zero-order chi connectivity index (χ0) is 13.9. The normalized spacial score (nSPS) is 14.8. The van der Waals surface area contributed by atoms with Crippen LogP contribution in [0.5, 0.6) is 0 Å². The summed E-state index contributed by atoms with van der Waals surface area (Å²) in [5, 5.41) is 2.13. The van der Waals surface area contributed by atoms with Crippen LogP contribution in [0.4, 0.5) is 5.82 Å². The molecule has 0 amide bonds. The largest absolute Gasteiger partial charge is 0.308 e. The van der Waals surface area contributed by atoms with Gasteiger partial charge in [-0.15, -0.1) is 11.3 Å². The van der Waals surface area contributed by atoms with E-state index in [1.165, 1.54) is 17.7 Å². The van der Waals surface area contributed by atoms with Gasteiger partial charge in [0.2, 0.25) is 0 Å². The molecule has 20 heavy (non-hydrogen) atoms. The van der Waals surface area contributed by atoms with Crippen LogP contribution in [0.2, 0.25) is 0 Å². The van der Waals surface area contributed by atoms with E-state index >= 15 is 0 Å². The maximum absolute atomic E-state index is 5.45. The minimum atomic E-state index is 0.676. The van der Waals surface area contributed by atoms with E-state index in [4.69, 9.17) is 5.84 Å². The van der Waals surface area contributed by atoms with Gasteiger partial charge in [-0.3, -0.25) is 4.90 Å². The lowest BCUT2D eigenvalue weighted by Gasteiger charge is -2.20. The van der Waals surface area contributed by atoms with E-state index in [0.29, 0.717) is 11.9 Å². The molecule has 0 aromatic carbocycles. The molecule has 2 heterocycles. The van der Waals surface area contributed by atoms with Crippen LogP contribution in [0.15, 0.2) is 23.6 Å². The molecule has 0 radical (unpaired) electrons. The van der Waals surface area contributed by atoms with E-state index in [-0.39, 0.29) is 0 Å². The third kappa shape index (κ3) is 3.33. The van der Waals surface area contributed by atoms with Crippen molar-refractivity contribution in [1.82, 2.24) is 14.9 Å². The third-order valence-corrected chi connectivity index (χ3v) is 4.26. The lowest BCUT2D eigenvalue weighted by Crippen LogP contribution is -2.26. The summed E-state index contributed by atoms with van der Waals surface area (Å²) < 4.78 is 0. The molecule has 1 fully saturated rings. The molecule has 3 rings (SSSR count). The molecular weight excluding hydrogens is 270 g/mol. The number of hydrogen-bond acceptors (Lipinski definition) is 6. The summed E-state index contributed by atoms with van der Waals surface area (Å²) in [5.41, 5.74) is 3.54. The highest BCUT2D eigenvalue weighted by Crippen LogP contribution is 2.30. The number of hydrazine groups is 1. The first kappa shape index (κ1) is 13.5. The number of thiophene rings is 1. The molecule has 1 aliphatic rings. The second-order valence-corrected chi connectivity index (χ2v) is 6.20. The second-order valence-electron chi connectivity index (χ2n) is 5.17. The molecule has 6 heteroatoms. The summed E-state index contributed by atoms with van der Waals surface area (Å²) in [7, 11) is 0. The fraction of sp³-hybridized carbons (Fsp3) is 0.429. The highest BCUT2D eigenvalue weighted by Gasteiger charge is 2.29. The zero-order valence-electron chi connectivity index (χ0n) is 11.5. The summed E-state index contributed by atoms with van der Waals surface area (Å²) in [6.07, 6.45) is 2.55. The first-order valence-electron chi connectivity index (χ1n) is 6.82. The van der Waals surface area contributed by atoms with Crippen molar-refractivity contribution in [3.8, 4) is 0 Å². The Labute approximate surface area is 122 Å². The van der Waals surface area contributed by atoms with Crippen molar-refractivity contribution < 1.29 is 0 Å². The van der Waals surface area contributed by atoms with Gasteiger partial charge in [0.1, 0.15) is 11.6 Å². The van der Waals surface area contributed by atoms with Crippen molar-refractivity contribution in [2.75, 3.05) is 5.43 Å². The molecule has 0 unspecified atom stereocenters. The Bertz CT molecular complexity index is 565. The first-order chi connectivity index (χ1) is 9.74. The Morgan fingerprint density at radius 3 is 2.90 bits per heavy atom. The Kier molecular flexibility index (Phi) is 3.95. The summed E-state index contributed by atoms with van der Waals surface area (Å²) >= 11 is 1.80. The molecule has 1 aliphatic carbocycles. The van der Waals surface area contributed by atoms with Crippen molar-refractivity contribution in [3.05, 3.63) is 40.0 Å². The van der Waals surface area contributed by atoms with E-state index < -0.39 is 0 Å². The summed E-state index contributed by atoms with van der Waals surface area (Å²) in [6, 6.07) is 6.81. The molecular formula is C14H19N5S. The van der Waals surface area contributed by atoms with Gasteiger partial charge >= 0.3 is 0 Å². The zero-order valence-corrected chi connectivity index (χ0v) is 12.4. The SMILES string of the molecule is Cc1cc(NN)nc(CN(Cc2cccs2)C2CC2)n1. The quantitative estimate of drug-likeness (QED) is 0.631. The number of aromatic nitrogens is 2. The van der Waals surface area contributed by atoms with Crippen molar-refractivity contribution in [3.63, 3.8) is 0 Å². The van der Waals surface area contributed by atoms with Crippen molar-refractivity contribution in [1.29, 1.82) is 0 Å². The summed E-state index contributed by atoms with van der Waals surface area (Å²) in [5.74, 6) is 6.96. The van der Waals surface area contributed by atoms with Crippen LogP contribution in [-0.2, 0) is 13.1 Å². The smallest absolute Gasteiger partial charge is 0.145 e. The summed E-state index contributed by atoms with van der Waals surface area (Å²) in [6.45, 7) is 3.72. The van der Waals surface area contributed by atoms with Gasteiger partial charge in [-0.25, -0.2) is 15.8 Å². The minimum Gasteiger partial charge on any atom is -0.308 e. The third-order valence-electron chi connectivity index (χ3n) is 3.40. The van der Waals surface area contributed by atoms with Crippen LogP contribution in [0.3, 0.4) is 0 Å². The van der Waals surface area contributed by atoms with Crippen molar-refractivity contribution >= 4 is 17.2 Å². The molecule has 0 bridgehead atoms. The fourth-order valence-corrected chi connectivity index (χ4v) is 3.04. The predicted octanol–water partition coefficient (Wildman–Crippen LogP) is 2.30. The first-order valence-corrected chi connectivity index (χ1v) is 7.70. The number of anilines is 1. The lowest BCUT2D eigenvalue weighted by atomic mass is 10.3. The molecule has 0 saturated heterocycles. The maximum Gasteiger partial charge on any atom is 0.145 e. The topological polar surface area (TPSA) is 67.1 Å². The van der Waals surface area contributed by atoms with Crippen LogP contribution in [-0.4, -0.2) is 20.9 Å². The van der Waals surface area contributed by atoms with E-state index in [1.54, 1.807) is 11.3 Å². The van der Waals surface area contributed by atoms with Gasteiger partial charge in [-0.2, -0.15) is 0 Å². The number of rotatable bonds is 6. The Balaban J connectivity index is 1.74. The fourth-order valence-electron chi connectivity index (χ4n) is 2.31. The number of nitrogens with zero attached hydrogens (tertiary/aromatic N) is 3. The number of hydrogen-bond donors (Lipinski definition) is 2. The number of aryl methyl sites for hydroxylation is 1. The van der Waals surface area contributed by atoms with Crippen LogP contribution < -0.4 is 11.3 Å². The Hall–Kier alpha value is -1.50. The van der Waals surface area contributed by atoms with Crippen molar-refractivity contribution in [2.45, 2.75) is 38.9 Å². The minimum absolute atomic E-state index is 0.676. The van der Waals surface area contributed by atoms with Gasteiger partial charge in [0.05, 0.1) is 6.54 Å². The monoisotopic (exact) mass is 289 g/mol. The van der Waals surface area contributed by atoms with Gasteiger partial charge in [0.25, 0.3) is 0 Å². The van der Waals surface area contributed by atoms with E-state index in [2.05, 4.69) is 37.8 Å². The molecule has 0 aliphatic heterocycles. The second kappa shape index (κ2) is 5.87. The number of nitrogen functional groups attached to an aromatic ring is 1. The Morgan fingerprint density at radius 2 is 2.25 bits per heavy atom. The molecule has 1 saturated carbocycles. The number of nitrogens with two attached hydrogens (primary N) is 1. The molecule has 5 nitrogen and oxygen atoms in total. The molecule has 2 aromatic heterocycles. The standard InChI is InChI=1S/C14H19N5S/c1-10-7-13(18-15)17-14(16-10)9-19(11-4-5-11)8-12-3-2-6-20-12/h2-3,6-7,11H,4-5,8-9,15H2,1H3,(H,16,17,18). The number of nitrogens with one attached hydrogen (secondary N) is 1. The van der Waals surface area contributed by atoms with Gasteiger partial charge in [-0.05, 0) is 31.2 Å². The van der Waals surface area contributed by atoms with E-state index in [9.17, 15) is 0 Å². The summed E-state index contributed by atoms with van der Waals surface area (Å²) in [4.78, 5) is 12.8. The van der Waals surface area contributed by atoms with E-state index in [0.717, 1.165) is 24.6 Å². The van der Waals surface area contributed by atoms with E-state index in [1.807, 2.05) is 13.0 Å². The molecule has 106 valence electrons. The molecule has 0 atom stereocenters. The predicted molar refractivity (Wildman–Crippen MR) is 81.2 cm³/mol. The average molecular weight is 289 g/mol. The average Bonchev–Trinajstić information content (AvgIpc) is 3.16. The highest BCUT2D eigenvalue weighted by atomic mass is 32.1. The van der Waals surface area contributed by atoms with Gasteiger partial charge in [0, 0.05) is 29.2 Å². The molecule has 2 aromatic rings. The van der Waals surface area contributed by atoms with Crippen LogP contribution in [0, 0.1) is 6.92 Å². The molecule has 3 N–H and O–H groups in total.